The van der Waals surface area contributed by atoms with Gasteiger partial charge in [0.2, 0.25) is 0 Å². The van der Waals surface area contributed by atoms with Crippen molar-refractivity contribution >= 4 is 5.78 Å². The highest BCUT2D eigenvalue weighted by Gasteiger charge is 2.20. The summed E-state index contributed by atoms with van der Waals surface area (Å²) in [5.74, 6) is 0.403. The van der Waals surface area contributed by atoms with Crippen LogP contribution >= 0.6 is 0 Å². The Balaban J connectivity index is 0.000000336. The molecule has 0 spiro atoms. The third kappa shape index (κ3) is 7.51. The second-order valence-corrected chi connectivity index (χ2v) is 3.86. The standard InChI is InChI=1S/C8H15NO.C4H10O/c1-2-4-8(10)7-5-3-6-9-7;1-3-4-5-2/h7,9H,2-6H2,1H3;3-4H2,1-2H3. The minimum Gasteiger partial charge on any atom is -0.385 e. The van der Waals surface area contributed by atoms with Gasteiger partial charge in [-0.2, -0.15) is 0 Å². The maximum Gasteiger partial charge on any atom is 0.149 e. The van der Waals surface area contributed by atoms with E-state index < -0.39 is 0 Å². The zero-order valence-corrected chi connectivity index (χ0v) is 10.3. The number of nitrogens with one attached hydrogen (secondary N) is 1. The third-order valence-electron chi connectivity index (χ3n) is 2.35. The number of Topliss-reactive ketones (excluding diaryl/α,β-unsaturated/α-hetero) is 1. The molecule has 0 amide bonds. The summed E-state index contributed by atoms with van der Waals surface area (Å²) in [7, 11) is 1.71. The molecule has 0 bridgehead atoms. The fraction of sp³-hybridized carbons (Fsp3) is 0.917. The smallest absolute Gasteiger partial charge is 0.149 e. The third-order valence-corrected chi connectivity index (χ3v) is 2.35. The molecule has 0 aromatic heterocycles. The van der Waals surface area contributed by atoms with E-state index in [0.29, 0.717) is 5.78 Å². The van der Waals surface area contributed by atoms with Crippen LogP contribution in [0.2, 0.25) is 0 Å². The lowest BCUT2D eigenvalue weighted by Crippen LogP contribution is -2.30. The van der Waals surface area contributed by atoms with Crippen LogP contribution < -0.4 is 5.32 Å². The first-order valence-electron chi connectivity index (χ1n) is 6.01. The Morgan fingerprint density at radius 1 is 1.40 bits per heavy atom. The molecule has 1 saturated heterocycles. The minimum atomic E-state index is 0.194. The number of ketones is 1. The average Bonchev–Trinajstić information content (AvgIpc) is 2.73. The predicted octanol–water partition coefficient (Wildman–Crippen LogP) is 2.15. The molecule has 1 fully saturated rings. The van der Waals surface area contributed by atoms with Crippen molar-refractivity contribution in [1.29, 1.82) is 0 Å². The summed E-state index contributed by atoms with van der Waals surface area (Å²) in [6.45, 7) is 6.05. The molecule has 0 saturated carbocycles. The number of ether oxygens (including phenoxy) is 1. The monoisotopic (exact) mass is 215 g/mol. The van der Waals surface area contributed by atoms with Gasteiger partial charge < -0.3 is 10.1 Å². The van der Waals surface area contributed by atoms with Crippen molar-refractivity contribution in [3.05, 3.63) is 0 Å². The first kappa shape index (κ1) is 14.6. The van der Waals surface area contributed by atoms with E-state index in [2.05, 4.69) is 12.2 Å². The fourth-order valence-corrected chi connectivity index (χ4v) is 1.58. The first-order valence-corrected chi connectivity index (χ1v) is 6.01. The van der Waals surface area contributed by atoms with Gasteiger partial charge in [-0.05, 0) is 32.2 Å². The van der Waals surface area contributed by atoms with Crippen molar-refractivity contribution in [3.8, 4) is 0 Å². The van der Waals surface area contributed by atoms with Crippen LogP contribution in [0.15, 0.2) is 0 Å². The van der Waals surface area contributed by atoms with Gasteiger partial charge in [-0.15, -0.1) is 0 Å². The van der Waals surface area contributed by atoms with E-state index in [-0.39, 0.29) is 6.04 Å². The van der Waals surface area contributed by atoms with Gasteiger partial charge in [0, 0.05) is 20.1 Å². The van der Waals surface area contributed by atoms with E-state index in [9.17, 15) is 4.79 Å². The number of hydrogen-bond acceptors (Lipinski definition) is 3. The highest BCUT2D eigenvalue weighted by atomic mass is 16.5. The molecule has 1 atom stereocenters. The van der Waals surface area contributed by atoms with Crippen LogP contribution in [0.4, 0.5) is 0 Å². The van der Waals surface area contributed by atoms with Crippen LogP contribution in [0.25, 0.3) is 0 Å². The Morgan fingerprint density at radius 2 is 2.13 bits per heavy atom. The highest BCUT2D eigenvalue weighted by molar-refractivity contribution is 5.84. The summed E-state index contributed by atoms with van der Waals surface area (Å²) < 4.78 is 4.69. The summed E-state index contributed by atoms with van der Waals surface area (Å²) in [5, 5.41) is 3.19. The van der Waals surface area contributed by atoms with Crippen molar-refractivity contribution < 1.29 is 9.53 Å². The van der Waals surface area contributed by atoms with Crippen molar-refractivity contribution in [3.63, 3.8) is 0 Å². The molecule has 0 radical (unpaired) electrons. The van der Waals surface area contributed by atoms with E-state index in [1.165, 1.54) is 6.42 Å². The molecule has 1 unspecified atom stereocenters. The van der Waals surface area contributed by atoms with Crippen LogP contribution in [0.5, 0.6) is 0 Å². The lowest BCUT2D eigenvalue weighted by Gasteiger charge is -2.06. The van der Waals surface area contributed by atoms with Gasteiger partial charge in [-0.25, -0.2) is 0 Å². The van der Waals surface area contributed by atoms with Gasteiger partial charge in [0.05, 0.1) is 6.04 Å². The quantitative estimate of drug-likeness (QED) is 0.763. The Bertz CT molecular complexity index is 152. The van der Waals surface area contributed by atoms with Crippen molar-refractivity contribution in [2.45, 2.75) is 52.0 Å². The van der Waals surface area contributed by atoms with E-state index >= 15 is 0 Å². The number of carbonyl (C=O) groups is 1. The maximum absolute atomic E-state index is 11.2. The molecule has 3 nitrogen and oxygen atoms in total. The summed E-state index contributed by atoms with van der Waals surface area (Å²) >= 11 is 0. The zero-order valence-electron chi connectivity index (χ0n) is 10.3. The predicted molar refractivity (Wildman–Crippen MR) is 63.1 cm³/mol. The zero-order chi connectivity index (χ0) is 11.5. The number of methoxy groups -OCH3 is 1. The first-order chi connectivity index (χ1) is 7.26. The summed E-state index contributed by atoms with van der Waals surface area (Å²) in [4.78, 5) is 11.2. The Hall–Kier alpha value is -0.410. The minimum absolute atomic E-state index is 0.194. The molecule has 1 aliphatic rings. The fourth-order valence-electron chi connectivity index (χ4n) is 1.58. The summed E-state index contributed by atoms with van der Waals surface area (Å²) in [6, 6.07) is 0.194. The van der Waals surface area contributed by atoms with Gasteiger partial charge in [-0.1, -0.05) is 13.8 Å². The van der Waals surface area contributed by atoms with E-state index in [1.54, 1.807) is 7.11 Å². The Kier molecular flexibility index (Phi) is 9.84. The molecule has 1 rings (SSSR count). The highest BCUT2D eigenvalue weighted by Crippen LogP contribution is 2.08. The molecule has 0 aliphatic carbocycles. The second kappa shape index (κ2) is 10.1. The van der Waals surface area contributed by atoms with Crippen LogP contribution in [0.1, 0.15) is 46.0 Å². The maximum atomic E-state index is 11.2. The second-order valence-electron chi connectivity index (χ2n) is 3.86. The van der Waals surface area contributed by atoms with Crippen molar-refractivity contribution in [1.82, 2.24) is 5.32 Å². The Morgan fingerprint density at radius 3 is 2.47 bits per heavy atom. The molecule has 15 heavy (non-hydrogen) atoms. The molecule has 1 aliphatic heterocycles. The lowest BCUT2D eigenvalue weighted by molar-refractivity contribution is -0.120. The lowest BCUT2D eigenvalue weighted by atomic mass is 10.1. The van der Waals surface area contributed by atoms with E-state index in [0.717, 1.165) is 38.8 Å². The van der Waals surface area contributed by atoms with Crippen LogP contribution in [-0.2, 0) is 9.53 Å². The van der Waals surface area contributed by atoms with E-state index in [1.807, 2.05) is 6.92 Å². The number of hydrogen-bond donors (Lipinski definition) is 1. The van der Waals surface area contributed by atoms with Crippen LogP contribution in [-0.4, -0.2) is 32.1 Å². The SMILES string of the molecule is CCCC(=O)C1CCCN1.CCCOC. The van der Waals surface area contributed by atoms with Gasteiger partial charge in [0.15, 0.2) is 0 Å². The molecule has 1 N–H and O–H groups in total. The largest absolute Gasteiger partial charge is 0.385 e. The molecular formula is C12H25NO2. The molecule has 1 heterocycles. The number of carbonyl (C=O) groups excluding carboxylic acids is 1. The van der Waals surface area contributed by atoms with Gasteiger partial charge >= 0.3 is 0 Å². The van der Waals surface area contributed by atoms with Gasteiger partial charge in [-0.3, -0.25) is 4.79 Å². The number of rotatable bonds is 5. The van der Waals surface area contributed by atoms with Gasteiger partial charge in [0.25, 0.3) is 0 Å². The van der Waals surface area contributed by atoms with Crippen molar-refractivity contribution in [2.24, 2.45) is 0 Å². The molecule has 3 heteroatoms. The van der Waals surface area contributed by atoms with Crippen LogP contribution in [0, 0.1) is 0 Å². The summed E-state index contributed by atoms with van der Waals surface area (Å²) in [6.07, 6.45) is 5.07. The summed E-state index contributed by atoms with van der Waals surface area (Å²) in [5.41, 5.74) is 0. The molecule has 90 valence electrons. The normalized spacial score (nSPS) is 19.5. The molecular weight excluding hydrogens is 190 g/mol. The molecule has 0 aromatic carbocycles. The Labute approximate surface area is 93.6 Å². The average molecular weight is 215 g/mol. The van der Waals surface area contributed by atoms with Crippen molar-refractivity contribution in [2.75, 3.05) is 20.3 Å². The van der Waals surface area contributed by atoms with E-state index in [4.69, 9.17) is 4.74 Å². The van der Waals surface area contributed by atoms with Gasteiger partial charge in [0.1, 0.15) is 5.78 Å². The molecule has 0 aromatic rings. The topological polar surface area (TPSA) is 38.3 Å². The van der Waals surface area contributed by atoms with Crippen LogP contribution in [0.3, 0.4) is 0 Å².